The normalized spacial score (nSPS) is 16.9. The minimum absolute atomic E-state index is 0. The highest BCUT2D eigenvalue weighted by Gasteiger charge is 2.12. The molecule has 1 heterocycles. The number of amides is 1. The Hall–Kier alpha value is -0.830. The highest BCUT2D eigenvalue weighted by atomic mass is 16.5. The molecule has 11 heavy (non-hydrogen) atoms. The Labute approximate surface area is 67.6 Å². The molecular weight excluding hydrogens is 142 g/mol. The summed E-state index contributed by atoms with van der Waals surface area (Å²) in [4.78, 5) is 12.7. The Morgan fingerprint density at radius 1 is 1.45 bits per heavy atom. The molecule has 0 unspecified atom stereocenters. The molecule has 0 bridgehead atoms. The molecule has 0 aliphatic carbocycles. The van der Waals surface area contributed by atoms with E-state index in [1.165, 1.54) is 6.08 Å². The number of carbonyl (C=O) groups excluding carboxylic acids is 1. The molecule has 3 heteroatoms. The summed E-state index contributed by atoms with van der Waals surface area (Å²) in [5.41, 5.74) is 0. The van der Waals surface area contributed by atoms with Crippen molar-refractivity contribution in [2.45, 2.75) is 0 Å². The lowest BCUT2D eigenvalue weighted by Gasteiger charge is -2.25. The largest absolute Gasteiger partial charge is 0.378 e. The van der Waals surface area contributed by atoms with E-state index in [0.29, 0.717) is 26.3 Å². The molecule has 4 radical (unpaired) electrons. The Kier molecular flexibility index (Phi) is 4.54. The second kappa shape index (κ2) is 4.91. The van der Waals surface area contributed by atoms with Crippen LogP contribution in [0.5, 0.6) is 0 Å². The van der Waals surface area contributed by atoms with Crippen molar-refractivity contribution in [1.29, 1.82) is 0 Å². The molecular formula is C8H11NO2. The van der Waals surface area contributed by atoms with Gasteiger partial charge in [0.2, 0.25) is 5.91 Å². The van der Waals surface area contributed by atoms with E-state index in [-0.39, 0.29) is 13.3 Å². The first kappa shape index (κ1) is 10.2. The summed E-state index contributed by atoms with van der Waals surface area (Å²) < 4.78 is 5.07. The SMILES string of the molecule is C=CC(=O)N1CCOCC1.[C]. The molecule has 0 saturated carbocycles. The molecule has 1 rings (SSSR count). The molecule has 3 nitrogen and oxygen atoms in total. The van der Waals surface area contributed by atoms with Crippen LogP contribution < -0.4 is 0 Å². The van der Waals surface area contributed by atoms with Crippen molar-refractivity contribution in [3.63, 3.8) is 0 Å². The molecule has 60 valence electrons. The molecule has 0 spiro atoms. The standard InChI is InChI=1S/C7H11NO2.C/c1-2-7(9)8-3-5-10-6-4-8;/h2H,1,3-6H2;. The Balaban J connectivity index is 0.000001000. The molecule has 0 aromatic heterocycles. The second-order valence-electron chi connectivity index (χ2n) is 2.14. The summed E-state index contributed by atoms with van der Waals surface area (Å²) in [5, 5.41) is 0. The number of nitrogens with zero attached hydrogens (tertiary/aromatic N) is 1. The van der Waals surface area contributed by atoms with Gasteiger partial charge in [0.15, 0.2) is 0 Å². The van der Waals surface area contributed by atoms with Crippen LogP contribution in [0.25, 0.3) is 0 Å². The molecule has 1 aliphatic rings. The summed E-state index contributed by atoms with van der Waals surface area (Å²) in [6.45, 7) is 6.11. The zero-order valence-electron chi connectivity index (χ0n) is 6.38. The van der Waals surface area contributed by atoms with Gasteiger partial charge in [-0.2, -0.15) is 0 Å². The van der Waals surface area contributed by atoms with Crippen LogP contribution in [0.1, 0.15) is 0 Å². The molecule has 0 aromatic carbocycles. The lowest BCUT2D eigenvalue weighted by atomic mass is 10.4. The summed E-state index contributed by atoms with van der Waals surface area (Å²) in [6.07, 6.45) is 1.34. The van der Waals surface area contributed by atoms with E-state index in [0.717, 1.165) is 0 Å². The minimum Gasteiger partial charge on any atom is -0.378 e. The third-order valence-corrected chi connectivity index (χ3v) is 1.50. The van der Waals surface area contributed by atoms with Gasteiger partial charge in [-0.15, -0.1) is 0 Å². The lowest BCUT2D eigenvalue weighted by Crippen LogP contribution is -2.39. The van der Waals surface area contributed by atoms with Crippen molar-refractivity contribution in [2.24, 2.45) is 0 Å². The molecule has 0 atom stereocenters. The van der Waals surface area contributed by atoms with Crippen LogP contribution in [0.15, 0.2) is 12.7 Å². The van der Waals surface area contributed by atoms with Crippen LogP contribution in [0.2, 0.25) is 0 Å². The quantitative estimate of drug-likeness (QED) is 0.500. The van der Waals surface area contributed by atoms with Crippen molar-refractivity contribution in [3.8, 4) is 0 Å². The zero-order chi connectivity index (χ0) is 7.40. The van der Waals surface area contributed by atoms with E-state index in [4.69, 9.17) is 4.74 Å². The average Bonchev–Trinajstić information content (AvgIpc) is 2.05. The monoisotopic (exact) mass is 153 g/mol. The smallest absolute Gasteiger partial charge is 0.246 e. The Bertz CT molecular complexity index is 139. The molecule has 0 aromatic rings. The molecule has 1 aliphatic heterocycles. The topological polar surface area (TPSA) is 29.5 Å². The van der Waals surface area contributed by atoms with Gasteiger partial charge in [0.25, 0.3) is 0 Å². The van der Waals surface area contributed by atoms with E-state index < -0.39 is 0 Å². The van der Waals surface area contributed by atoms with Gasteiger partial charge in [0.1, 0.15) is 0 Å². The average molecular weight is 153 g/mol. The fraction of sp³-hybridized carbons (Fsp3) is 0.500. The Morgan fingerprint density at radius 3 is 2.45 bits per heavy atom. The molecule has 1 fully saturated rings. The van der Waals surface area contributed by atoms with Gasteiger partial charge in [-0.05, 0) is 6.08 Å². The van der Waals surface area contributed by atoms with Gasteiger partial charge in [-0.1, -0.05) is 6.58 Å². The maximum atomic E-state index is 10.9. The first-order chi connectivity index (χ1) is 4.84. The minimum atomic E-state index is 0. The predicted molar refractivity (Wildman–Crippen MR) is 40.8 cm³/mol. The van der Waals surface area contributed by atoms with Crippen LogP contribution in [0.4, 0.5) is 0 Å². The fourth-order valence-electron chi connectivity index (χ4n) is 0.913. The summed E-state index contributed by atoms with van der Waals surface area (Å²) >= 11 is 0. The van der Waals surface area contributed by atoms with Gasteiger partial charge in [-0.25, -0.2) is 0 Å². The van der Waals surface area contributed by atoms with Crippen LogP contribution in [0.3, 0.4) is 0 Å². The van der Waals surface area contributed by atoms with Crippen molar-refractivity contribution >= 4 is 5.91 Å². The van der Waals surface area contributed by atoms with Crippen LogP contribution >= 0.6 is 0 Å². The third-order valence-electron chi connectivity index (χ3n) is 1.50. The van der Waals surface area contributed by atoms with Crippen molar-refractivity contribution < 1.29 is 9.53 Å². The van der Waals surface area contributed by atoms with E-state index in [2.05, 4.69) is 6.58 Å². The van der Waals surface area contributed by atoms with Crippen LogP contribution in [-0.4, -0.2) is 37.1 Å². The number of rotatable bonds is 1. The van der Waals surface area contributed by atoms with Crippen molar-refractivity contribution in [3.05, 3.63) is 20.1 Å². The third kappa shape index (κ3) is 2.72. The van der Waals surface area contributed by atoms with Gasteiger partial charge in [0, 0.05) is 20.5 Å². The van der Waals surface area contributed by atoms with Crippen molar-refractivity contribution in [1.82, 2.24) is 4.90 Å². The van der Waals surface area contributed by atoms with Gasteiger partial charge < -0.3 is 9.64 Å². The number of morpholine rings is 1. The molecule has 0 N–H and O–H groups in total. The maximum Gasteiger partial charge on any atom is 0.246 e. The van der Waals surface area contributed by atoms with Gasteiger partial charge in [-0.3, -0.25) is 4.79 Å². The maximum absolute atomic E-state index is 10.9. The van der Waals surface area contributed by atoms with E-state index >= 15 is 0 Å². The Morgan fingerprint density at radius 2 is 2.00 bits per heavy atom. The molecule has 1 saturated heterocycles. The molecule has 1 amide bonds. The second-order valence-corrected chi connectivity index (χ2v) is 2.14. The first-order valence-corrected chi connectivity index (χ1v) is 3.33. The van der Waals surface area contributed by atoms with Crippen LogP contribution in [0, 0.1) is 7.43 Å². The number of ether oxygens (including phenoxy) is 1. The van der Waals surface area contributed by atoms with E-state index in [1.54, 1.807) is 4.90 Å². The van der Waals surface area contributed by atoms with E-state index in [9.17, 15) is 4.79 Å². The van der Waals surface area contributed by atoms with Crippen molar-refractivity contribution in [2.75, 3.05) is 26.3 Å². The lowest BCUT2D eigenvalue weighted by molar-refractivity contribution is -0.129. The van der Waals surface area contributed by atoms with Crippen LogP contribution in [-0.2, 0) is 9.53 Å². The summed E-state index contributed by atoms with van der Waals surface area (Å²) in [7, 11) is 0. The summed E-state index contributed by atoms with van der Waals surface area (Å²) in [6, 6.07) is 0. The number of carbonyl (C=O) groups is 1. The predicted octanol–water partition coefficient (Wildman–Crippen LogP) is 0.112. The highest BCUT2D eigenvalue weighted by molar-refractivity contribution is 5.87. The van der Waals surface area contributed by atoms with Gasteiger partial charge in [0.05, 0.1) is 13.2 Å². The van der Waals surface area contributed by atoms with E-state index in [1.807, 2.05) is 0 Å². The fourth-order valence-corrected chi connectivity index (χ4v) is 0.913. The highest BCUT2D eigenvalue weighted by Crippen LogP contribution is 1.96. The first-order valence-electron chi connectivity index (χ1n) is 3.33. The number of hydrogen-bond donors (Lipinski definition) is 0. The number of hydrogen-bond acceptors (Lipinski definition) is 2. The zero-order valence-corrected chi connectivity index (χ0v) is 6.38. The van der Waals surface area contributed by atoms with Gasteiger partial charge >= 0.3 is 0 Å². The summed E-state index contributed by atoms with van der Waals surface area (Å²) in [5.74, 6) is 0.00306.